The molecule has 0 saturated carbocycles. The molecule has 0 atom stereocenters. The molecule has 0 radical (unpaired) electrons. The third-order valence-corrected chi connectivity index (χ3v) is 5.04. The zero-order chi connectivity index (χ0) is 19.1. The Morgan fingerprint density at radius 1 is 1.26 bits per heavy atom. The van der Waals surface area contributed by atoms with Gasteiger partial charge in [-0.05, 0) is 19.1 Å². The molecule has 0 unspecified atom stereocenters. The largest absolute Gasteiger partial charge is 0.337 e. The van der Waals surface area contributed by atoms with Crippen LogP contribution in [0.2, 0.25) is 0 Å². The molecule has 7 heteroatoms. The van der Waals surface area contributed by atoms with E-state index in [0.717, 1.165) is 16.9 Å². The minimum atomic E-state index is -0.198. The molecule has 0 aliphatic carbocycles. The van der Waals surface area contributed by atoms with Crippen molar-refractivity contribution in [2.75, 3.05) is 13.1 Å². The van der Waals surface area contributed by atoms with E-state index in [9.17, 15) is 9.59 Å². The molecule has 1 aromatic carbocycles. The highest BCUT2D eigenvalue weighted by atomic mass is 16.2. The van der Waals surface area contributed by atoms with E-state index in [4.69, 9.17) is 4.98 Å². The van der Waals surface area contributed by atoms with Crippen molar-refractivity contribution in [3.63, 3.8) is 0 Å². The van der Waals surface area contributed by atoms with Crippen LogP contribution >= 0.6 is 0 Å². The van der Waals surface area contributed by atoms with Crippen molar-refractivity contribution >= 4 is 16.9 Å². The molecule has 3 heterocycles. The monoisotopic (exact) mass is 365 g/mol. The first-order valence-corrected chi connectivity index (χ1v) is 9.21. The van der Waals surface area contributed by atoms with Crippen molar-refractivity contribution in [2.45, 2.75) is 39.3 Å². The Bertz CT molecular complexity index is 1060. The Labute approximate surface area is 157 Å². The lowest BCUT2D eigenvalue weighted by Gasteiger charge is -2.41. The Kier molecular flexibility index (Phi) is 4.30. The summed E-state index contributed by atoms with van der Waals surface area (Å²) in [6.07, 6.45) is 1.44. The minimum Gasteiger partial charge on any atom is -0.337 e. The lowest BCUT2D eigenvalue weighted by atomic mass is 10.1. The number of aryl methyl sites for hydroxylation is 1. The number of hydrogen-bond donors (Lipinski definition) is 0. The Morgan fingerprint density at radius 3 is 2.70 bits per heavy atom. The molecule has 3 aromatic rings. The summed E-state index contributed by atoms with van der Waals surface area (Å²) >= 11 is 0. The van der Waals surface area contributed by atoms with Crippen molar-refractivity contribution in [2.24, 2.45) is 0 Å². The number of imidazole rings is 1. The quantitative estimate of drug-likeness (QED) is 0.710. The molecule has 27 heavy (non-hydrogen) atoms. The Balaban J connectivity index is 1.51. The number of likely N-dealkylation sites (tertiary alicyclic amines) is 1. The Morgan fingerprint density at radius 2 is 2.00 bits per heavy atom. The second-order valence-electron chi connectivity index (χ2n) is 7.43. The maximum atomic E-state index is 12.5. The highest BCUT2D eigenvalue weighted by Crippen LogP contribution is 2.31. The molecule has 140 valence electrons. The van der Waals surface area contributed by atoms with Gasteiger partial charge in [-0.2, -0.15) is 0 Å². The molecular weight excluding hydrogens is 342 g/mol. The maximum absolute atomic E-state index is 12.5. The molecule has 0 spiro atoms. The van der Waals surface area contributed by atoms with E-state index in [1.54, 1.807) is 11.8 Å². The van der Waals surface area contributed by atoms with E-state index in [1.165, 1.54) is 17.0 Å². The van der Waals surface area contributed by atoms with Crippen LogP contribution in [-0.4, -0.2) is 43.0 Å². The second-order valence-corrected chi connectivity index (χ2v) is 7.43. The van der Waals surface area contributed by atoms with Crippen LogP contribution in [0, 0.1) is 6.92 Å². The standard InChI is InChI=1S/C20H23N5O2/c1-13(2)20-22-16-6-4-5-7-17(16)25(20)15-9-23(10-15)19(27)11-24-12-21-14(3)8-18(24)26/h4-8,12-13,15H,9-11H2,1-3H3. The molecule has 1 amide bonds. The summed E-state index contributed by atoms with van der Waals surface area (Å²) in [5.41, 5.74) is 2.55. The summed E-state index contributed by atoms with van der Waals surface area (Å²) < 4.78 is 3.62. The van der Waals surface area contributed by atoms with Gasteiger partial charge in [-0.25, -0.2) is 9.97 Å². The van der Waals surface area contributed by atoms with Crippen LogP contribution in [0.3, 0.4) is 0 Å². The number of para-hydroxylation sites is 2. The van der Waals surface area contributed by atoms with Crippen molar-refractivity contribution in [1.29, 1.82) is 0 Å². The molecule has 1 saturated heterocycles. The lowest BCUT2D eigenvalue weighted by Crippen LogP contribution is -2.52. The van der Waals surface area contributed by atoms with Crippen molar-refractivity contribution in [1.82, 2.24) is 24.0 Å². The summed E-state index contributed by atoms with van der Waals surface area (Å²) in [5.74, 6) is 1.29. The average Bonchev–Trinajstić information content (AvgIpc) is 2.96. The molecule has 1 aliphatic heterocycles. The van der Waals surface area contributed by atoms with Crippen LogP contribution in [0.4, 0.5) is 0 Å². The first-order chi connectivity index (χ1) is 12.9. The van der Waals surface area contributed by atoms with Crippen LogP contribution in [-0.2, 0) is 11.3 Å². The highest BCUT2D eigenvalue weighted by Gasteiger charge is 2.34. The number of benzene rings is 1. The van der Waals surface area contributed by atoms with Gasteiger partial charge < -0.3 is 9.47 Å². The summed E-state index contributed by atoms with van der Waals surface area (Å²) in [6, 6.07) is 9.77. The van der Waals surface area contributed by atoms with Gasteiger partial charge in [0.1, 0.15) is 12.4 Å². The van der Waals surface area contributed by atoms with E-state index in [0.29, 0.717) is 24.7 Å². The molecule has 7 nitrogen and oxygen atoms in total. The molecule has 1 aliphatic rings. The lowest BCUT2D eigenvalue weighted by molar-refractivity contribution is -0.137. The predicted octanol–water partition coefficient (Wildman–Crippen LogP) is 2.11. The summed E-state index contributed by atoms with van der Waals surface area (Å²) in [5, 5.41) is 0. The zero-order valence-corrected chi connectivity index (χ0v) is 15.8. The van der Waals surface area contributed by atoms with Gasteiger partial charge in [0.2, 0.25) is 5.91 Å². The zero-order valence-electron chi connectivity index (χ0n) is 15.8. The van der Waals surface area contributed by atoms with Gasteiger partial charge in [0, 0.05) is 30.8 Å². The van der Waals surface area contributed by atoms with E-state index >= 15 is 0 Å². The summed E-state index contributed by atoms with van der Waals surface area (Å²) in [7, 11) is 0. The average molecular weight is 365 g/mol. The molecule has 2 aromatic heterocycles. The number of aromatic nitrogens is 4. The summed E-state index contributed by atoms with van der Waals surface area (Å²) in [4.78, 5) is 35.2. The van der Waals surface area contributed by atoms with Gasteiger partial charge in [-0.15, -0.1) is 0 Å². The number of hydrogen-bond acceptors (Lipinski definition) is 4. The second kappa shape index (κ2) is 6.64. The SMILES string of the molecule is Cc1cc(=O)n(CC(=O)N2CC(n3c(C(C)C)nc4ccccc43)C2)cn1. The van der Waals surface area contributed by atoms with E-state index in [2.05, 4.69) is 29.5 Å². The van der Waals surface area contributed by atoms with Crippen LogP contribution in [0.25, 0.3) is 11.0 Å². The van der Waals surface area contributed by atoms with Crippen LogP contribution < -0.4 is 5.56 Å². The third-order valence-electron chi connectivity index (χ3n) is 5.04. The number of fused-ring (bicyclic) bond motifs is 1. The number of amides is 1. The van der Waals surface area contributed by atoms with Crippen molar-refractivity contribution < 1.29 is 4.79 Å². The topological polar surface area (TPSA) is 73.0 Å². The first-order valence-electron chi connectivity index (χ1n) is 9.21. The minimum absolute atomic E-state index is 0.0283. The molecule has 1 fully saturated rings. The van der Waals surface area contributed by atoms with Gasteiger partial charge in [0.15, 0.2) is 0 Å². The number of carbonyl (C=O) groups is 1. The van der Waals surface area contributed by atoms with Gasteiger partial charge in [-0.3, -0.25) is 14.2 Å². The highest BCUT2D eigenvalue weighted by molar-refractivity contribution is 5.78. The normalized spacial score (nSPS) is 14.7. The van der Waals surface area contributed by atoms with Crippen LogP contribution in [0.1, 0.15) is 37.3 Å². The third kappa shape index (κ3) is 3.13. The Hall–Kier alpha value is -2.96. The number of carbonyl (C=O) groups excluding carboxylic acids is 1. The fraction of sp³-hybridized carbons (Fsp3) is 0.400. The fourth-order valence-corrected chi connectivity index (χ4v) is 3.56. The smallest absolute Gasteiger partial charge is 0.253 e. The molecular formula is C20H23N5O2. The number of nitrogens with zero attached hydrogens (tertiary/aromatic N) is 5. The fourth-order valence-electron chi connectivity index (χ4n) is 3.56. The maximum Gasteiger partial charge on any atom is 0.253 e. The van der Waals surface area contributed by atoms with E-state index < -0.39 is 0 Å². The van der Waals surface area contributed by atoms with Gasteiger partial charge >= 0.3 is 0 Å². The van der Waals surface area contributed by atoms with Gasteiger partial charge in [0.05, 0.1) is 23.4 Å². The van der Waals surface area contributed by atoms with E-state index in [1.807, 2.05) is 18.2 Å². The molecule has 0 N–H and O–H groups in total. The molecule has 4 rings (SSSR count). The van der Waals surface area contributed by atoms with Crippen LogP contribution in [0.15, 0.2) is 41.5 Å². The predicted molar refractivity (Wildman–Crippen MR) is 103 cm³/mol. The van der Waals surface area contributed by atoms with Gasteiger partial charge in [-0.1, -0.05) is 26.0 Å². The summed E-state index contributed by atoms with van der Waals surface area (Å²) in [6.45, 7) is 7.32. The number of rotatable bonds is 4. The van der Waals surface area contributed by atoms with Crippen molar-refractivity contribution in [3.05, 3.63) is 58.5 Å². The van der Waals surface area contributed by atoms with Crippen LogP contribution in [0.5, 0.6) is 0 Å². The van der Waals surface area contributed by atoms with Gasteiger partial charge in [0.25, 0.3) is 5.56 Å². The van der Waals surface area contributed by atoms with E-state index in [-0.39, 0.29) is 24.1 Å². The van der Waals surface area contributed by atoms with Crippen molar-refractivity contribution in [3.8, 4) is 0 Å². The first kappa shape index (κ1) is 17.5. The molecule has 0 bridgehead atoms.